The summed E-state index contributed by atoms with van der Waals surface area (Å²) in [5, 5.41) is 3.51. The molecule has 0 bridgehead atoms. The van der Waals surface area contributed by atoms with Crippen LogP contribution >= 0.6 is 24.0 Å². The highest BCUT2D eigenvalue weighted by molar-refractivity contribution is 14.0. The summed E-state index contributed by atoms with van der Waals surface area (Å²) < 4.78 is 7.66. The van der Waals surface area contributed by atoms with Crippen LogP contribution in [0.1, 0.15) is 25.0 Å². The van der Waals surface area contributed by atoms with Crippen LogP contribution in [0.15, 0.2) is 11.2 Å². The molecule has 2 aliphatic heterocycles. The zero-order chi connectivity index (χ0) is 17.2. The third-order valence-corrected chi connectivity index (χ3v) is 5.39. The van der Waals surface area contributed by atoms with Crippen molar-refractivity contribution >= 4 is 35.9 Å². The average molecular weight is 462 g/mol. The Labute approximate surface area is 167 Å². The van der Waals surface area contributed by atoms with Crippen molar-refractivity contribution < 1.29 is 4.74 Å². The van der Waals surface area contributed by atoms with Gasteiger partial charge in [-0.15, -0.1) is 24.0 Å². The molecule has 3 heterocycles. The first kappa shape index (κ1) is 20.3. The van der Waals surface area contributed by atoms with Crippen LogP contribution in [0.2, 0.25) is 0 Å². The summed E-state index contributed by atoms with van der Waals surface area (Å²) in [5.74, 6) is 1.95. The summed E-state index contributed by atoms with van der Waals surface area (Å²) in [6.07, 6.45) is 5.52. The lowest BCUT2D eigenvalue weighted by molar-refractivity contribution is 0.0217. The number of rotatable bonds is 3. The van der Waals surface area contributed by atoms with Crippen molar-refractivity contribution in [1.82, 2.24) is 19.8 Å². The molecular weight excluding hydrogens is 431 g/mol. The molecule has 0 unspecified atom stereocenters. The Kier molecular flexibility index (Phi) is 6.95. The molecule has 0 amide bonds. The number of nitrogens with zero attached hydrogens (tertiary/aromatic N) is 5. The molecule has 0 aliphatic carbocycles. The van der Waals surface area contributed by atoms with E-state index >= 15 is 0 Å². The van der Waals surface area contributed by atoms with Gasteiger partial charge in [0.2, 0.25) is 5.95 Å². The maximum atomic E-state index is 5.54. The number of aromatic nitrogens is 2. The molecule has 0 aromatic carbocycles. The summed E-state index contributed by atoms with van der Waals surface area (Å²) in [4.78, 5) is 13.4. The number of imidazole rings is 1. The summed E-state index contributed by atoms with van der Waals surface area (Å²) in [6, 6.07) is 0. The minimum atomic E-state index is 0. The van der Waals surface area contributed by atoms with E-state index in [0.717, 1.165) is 50.4 Å². The molecule has 1 N–H and O–H groups in total. The largest absolute Gasteiger partial charge is 0.381 e. The van der Waals surface area contributed by atoms with Crippen molar-refractivity contribution in [2.75, 3.05) is 52.3 Å². The van der Waals surface area contributed by atoms with Crippen LogP contribution in [0.25, 0.3) is 0 Å². The van der Waals surface area contributed by atoms with Gasteiger partial charge in [-0.1, -0.05) is 0 Å². The molecule has 2 saturated heterocycles. The maximum Gasteiger partial charge on any atom is 0.204 e. The molecule has 1 aromatic heterocycles. The highest BCUT2D eigenvalue weighted by Crippen LogP contribution is 2.39. The van der Waals surface area contributed by atoms with Crippen molar-refractivity contribution in [3.05, 3.63) is 11.9 Å². The third kappa shape index (κ3) is 4.39. The van der Waals surface area contributed by atoms with Crippen LogP contribution in [-0.4, -0.2) is 67.9 Å². The first-order valence-corrected chi connectivity index (χ1v) is 8.76. The zero-order valence-corrected chi connectivity index (χ0v) is 18.1. The number of anilines is 1. The van der Waals surface area contributed by atoms with E-state index in [4.69, 9.17) is 4.74 Å². The van der Waals surface area contributed by atoms with E-state index in [1.54, 1.807) is 0 Å². The lowest BCUT2D eigenvalue weighted by Crippen LogP contribution is -2.42. The smallest absolute Gasteiger partial charge is 0.204 e. The van der Waals surface area contributed by atoms with Gasteiger partial charge >= 0.3 is 0 Å². The Bertz CT molecular complexity index is 594. The molecule has 2 aliphatic rings. The predicted octanol–water partition coefficient (Wildman–Crippen LogP) is 1.68. The number of likely N-dealkylation sites (tertiary alicyclic amines) is 1. The lowest BCUT2D eigenvalue weighted by atomic mass is 9.80. The molecule has 2 fully saturated rings. The van der Waals surface area contributed by atoms with Crippen molar-refractivity contribution in [3.8, 4) is 0 Å². The molecule has 1 spiro atoms. The van der Waals surface area contributed by atoms with Crippen molar-refractivity contribution in [1.29, 1.82) is 0 Å². The highest BCUT2D eigenvalue weighted by Gasteiger charge is 2.40. The van der Waals surface area contributed by atoms with E-state index in [1.165, 1.54) is 19.3 Å². The van der Waals surface area contributed by atoms with Crippen molar-refractivity contribution in [2.45, 2.75) is 25.8 Å². The fraction of sp³-hybridized carbons (Fsp3) is 0.765. The maximum absolute atomic E-state index is 5.54. The van der Waals surface area contributed by atoms with Gasteiger partial charge < -0.3 is 24.4 Å². The quantitative estimate of drug-likeness (QED) is 0.421. The number of halogens is 1. The summed E-state index contributed by atoms with van der Waals surface area (Å²) >= 11 is 0. The summed E-state index contributed by atoms with van der Waals surface area (Å²) in [5.41, 5.74) is 1.58. The number of aliphatic imine (C=N–C) groups is 1. The van der Waals surface area contributed by atoms with Crippen LogP contribution in [0.3, 0.4) is 0 Å². The fourth-order valence-electron chi connectivity index (χ4n) is 3.84. The number of guanidine groups is 1. The van der Waals surface area contributed by atoms with E-state index in [0.29, 0.717) is 5.41 Å². The van der Waals surface area contributed by atoms with E-state index in [9.17, 15) is 0 Å². The molecule has 25 heavy (non-hydrogen) atoms. The van der Waals surface area contributed by atoms with Crippen LogP contribution < -0.4 is 10.2 Å². The Morgan fingerprint density at radius 1 is 1.36 bits per heavy atom. The zero-order valence-electron chi connectivity index (χ0n) is 15.8. The Hall–Kier alpha value is -1.03. The van der Waals surface area contributed by atoms with Gasteiger partial charge in [-0.3, -0.25) is 4.99 Å². The van der Waals surface area contributed by atoms with E-state index < -0.39 is 0 Å². The number of ether oxygens (including phenoxy) is 1. The Morgan fingerprint density at radius 3 is 2.68 bits per heavy atom. The van der Waals surface area contributed by atoms with Gasteiger partial charge in [0.1, 0.15) is 0 Å². The van der Waals surface area contributed by atoms with E-state index in [2.05, 4.69) is 31.8 Å². The molecule has 142 valence electrons. The second-order valence-corrected chi connectivity index (χ2v) is 7.19. The Balaban J connectivity index is 0.00000225. The number of nitrogens with one attached hydrogen (secondary N) is 1. The Morgan fingerprint density at radius 2 is 2.08 bits per heavy atom. The molecule has 0 saturated carbocycles. The molecule has 0 radical (unpaired) electrons. The predicted molar refractivity (Wildman–Crippen MR) is 112 cm³/mol. The van der Waals surface area contributed by atoms with Gasteiger partial charge in [0, 0.05) is 54.5 Å². The molecule has 3 rings (SSSR count). The van der Waals surface area contributed by atoms with Crippen molar-refractivity contribution in [3.63, 3.8) is 0 Å². The number of hydrogen-bond donors (Lipinski definition) is 1. The van der Waals surface area contributed by atoms with E-state index in [1.807, 2.05) is 32.2 Å². The number of hydrogen-bond acceptors (Lipinski definition) is 4. The van der Waals surface area contributed by atoms with Crippen LogP contribution in [0.4, 0.5) is 5.95 Å². The average Bonchev–Trinajstić information content (AvgIpc) is 3.14. The molecule has 8 heteroatoms. The first-order valence-electron chi connectivity index (χ1n) is 8.76. The normalized spacial score (nSPS) is 19.8. The van der Waals surface area contributed by atoms with Crippen molar-refractivity contribution in [2.24, 2.45) is 17.5 Å². The van der Waals surface area contributed by atoms with Gasteiger partial charge in [-0.05, 0) is 24.7 Å². The SMILES string of the molecule is CN=C(NCc1cnc(N(C)C)n1C)N1CCC2(CCOCC2)C1.I. The topological polar surface area (TPSA) is 57.9 Å². The van der Waals surface area contributed by atoms with Gasteiger partial charge in [-0.25, -0.2) is 4.98 Å². The first-order chi connectivity index (χ1) is 11.5. The van der Waals surface area contributed by atoms with Crippen LogP contribution in [-0.2, 0) is 18.3 Å². The lowest BCUT2D eigenvalue weighted by Gasteiger charge is -2.33. The van der Waals surface area contributed by atoms with E-state index in [-0.39, 0.29) is 24.0 Å². The van der Waals surface area contributed by atoms with Gasteiger partial charge in [0.25, 0.3) is 0 Å². The summed E-state index contributed by atoms with van der Waals surface area (Å²) in [6.45, 7) is 4.71. The second-order valence-electron chi connectivity index (χ2n) is 7.19. The molecule has 7 nitrogen and oxygen atoms in total. The third-order valence-electron chi connectivity index (χ3n) is 5.39. The van der Waals surface area contributed by atoms with Gasteiger partial charge in [-0.2, -0.15) is 0 Å². The standard InChI is InChI=1S/C17H30N6O.HI/c1-18-15(19-11-14-12-20-16(21(2)3)22(14)4)23-8-5-17(13-23)6-9-24-10-7-17;/h12H,5-11,13H2,1-4H3,(H,18,19);1H. The monoisotopic (exact) mass is 462 g/mol. The van der Waals surface area contributed by atoms with Crippen LogP contribution in [0, 0.1) is 5.41 Å². The molecular formula is C17H31IN6O. The minimum absolute atomic E-state index is 0. The molecule has 1 aromatic rings. The highest BCUT2D eigenvalue weighted by atomic mass is 127. The van der Waals surface area contributed by atoms with Gasteiger partial charge in [0.15, 0.2) is 5.96 Å². The fourth-order valence-corrected chi connectivity index (χ4v) is 3.84. The van der Waals surface area contributed by atoms with Crippen LogP contribution in [0.5, 0.6) is 0 Å². The minimum Gasteiger partial charge on any atom is -0.381 e. The van der Waals surface area contributed by atoms with Gasteiger partial charge in [0.05, 0.1) is 18.4 Å². The molecule has 0 atom stereocenters. The summed E-state index contributed by atoms with van der Waals surface area (Å²) in [7, 11) is 7.94. The second kappa shape index (κ2) is 8.57.